The summed E-state index contributed by atoms with van der Waals surface area (Å²) in [7, 11) is 3.37. The summed E-state index contributed by atoms with van der Waals surface area (Å²) in [5, 5.41) is 19.7. The molecule has 3 aliphatic heterocycles. The molecule has 3 amide bonds. The zero-order valence-electron chi connectivity index (χ0n) is 35.8. The lowest BCUT2D eigenvalue weighted by atomic mass is 9.84. The number of carbonyl (C=O) groups excluding carboxylic acids is 4. The molecular weight excluding hydrogens is 763 g/mol. The zero-order chi connectivity index (χ0) is 42.9. The summed E-state index contributed by atoms with van der Waals surface area (Å²) in [5.41, 5.74) is 9.97. The Morgan fingerprint density at radius 3 is 2.63 bits per heavy atom. The van der Waals surface area contributed by atoms with Crippen molar-refractivity contribution in [3.8, 4) is 28.1 Å². The fourth-order valence-corrected chi connectivity index (χ4v) is 8.69. The SMILES string of the molecule is CCn1c(-c2cnccc2COC)c2c3cc(ccc31)-c1cc(O)cc(c1)C[C@H](NC(=O)C(CN(C)C(=O)[C@@H]1CN1)C(C)C)C(=O)N1CCC[C@H](N1)C(=O)OCC(C)(C)C2. The fraction of sp³-hybridized carbons (Fsp3) is 0.500. The van der Waals surface area contributed by atoms with Gasteiger partial charge < -0.3 is 34.7 Å². The molecule has 4 atom stereocenters. The van der Waals surface area contributed by atoms with Gasteiger partial charge in [0.1, 0.15) is 17.8 Å². The summed E-state index contributed by atoms with van der Waals surface area (Å²) in [6, 6.07) is 11.5. The largest absolute Gasteiger partial charge is 0.508 e. The number of aromatic hydroxyl groups is 1. The van der Waals surface area contributed by atoms with Crippen LogP contribution in [0.3, 0.4) is 0 Å². The summed E-state index contributed by atoms with van der Waals surface area (Å²) in [6.07, 6.45) is 5.31. The number of phenols is 1. The van der Waals surface area contributed by atoms with E-state index in [0.29, 0.717) is 51.1 Å². The van der Waals surface area contributed by atoms with Gasteiger partial charge in [-0.3, -0.25) is 29.2 Å². The highest BCUT2D eigenvalue weighted by molar-refractivity contribution is 5.96. The number of aromatic nitrogens is 2. The van der Waals surface area contributed by atoms with E-state index in [1.54, 1.807) is 37.4 Å². The van der Waals surface area contributed by atoms with Crippen molar-refractivity contribution < 1.29 is 33.8 Å². The van der Waals surface area contributed by atoms with Gasteiger partial charge in [-0.25, -0.2) is 5.43 Å². The second-order valence-corrected chi connectivity index (χ2v) is 17.7. The van der Waals surface area contributed by atoms with Crippen LogP contribution in [0.15, 0.2) is 54.9 Å². The lowest BCUT2D eigenvalue weighted by molar-refractivity contribution is -0.155. The number of fused-ring (bicyclic) bond motifs is 6. The van der Waals surface area contributed by atoms with E-state index in [2.05, 4.69) is 58.5 Å². The summed E-state index contributed by atoms with van der Waals surface area (Å²) < 4.78 is 14.0. The third kappa shape index (κ3) is 9.20. The number of hydrogen-bond donors (Lipinski definition) is 4. The molecule has 7 rings (SSSR count). The maximum absolute atomic E-state index is 14.5. The van der Waals surface area contributed by atoms with E-state index >= 15 is 0 Å². The van der Waals surface area contributed by atoms with Crippen LogP contribution in [0, 0.1) is 17.3 Å². The maximum atomic E-state index is 14.5. The highest BCUT2D eigenvalue weighted by Gasteiger charge is 2.38. The number of nitrogens with one attached hydrogen (secondary N) is 3. The van der Waals surface area contributed by atoms with Crippen LogP contribution in [0.5, 0.6) is 5.75 Å². The molecule has 2 aromatic carbocycles. The molecule has 2 fully saturated rings. The zero-order valence-corrected chi connectivity index (χ0v) is 35.8. The Kier molecular flexibility index (Phi) is 12.6. The molecule has 0 aliphatic carbocycles. The van der Waals surface area contributed by atoms with Gasteiger partial charge in [-0.2, -0.15) is 0 Å². The molecule has 4 aromatic rings. The number of benzene rings is 2. The molecule has 3 aliphatic rings. The lowest BCUT2D eigenvalue weighted by Gasteiger charge is -2.36. The number of hydrazine groups is 1. The van der Waals surface area contributed by atoms with Gasteiger partial charge in [0.15, 0.2) is 0 Å². The fourth-order valence-electron chi connectivity index (χ4n) is 8.69. The highest BCUT2D eigenvalue weighted by Crippen LogP contribution is 2.41. The Labute approximate surface area is 352 Å². The van der Waals surface area contributed by atoms with Crippen molar-refractivity contribution in [1.82, 2.24) is 35.5 Å². The predicted octanol–water partition coefficient (Wildman–Crippen LogP) is 4.59. The first-order valence-corrected chi connectivity index (χ1v) is 21.1. The molecule has 2 aromatic heterocycles. The Morgan fingerprint density at radius 2 is 1.92 bits per heavy atom. The maximum Gasteiger partial charge on any atom is 0.324 e. The van der Waals surface area contributed by atoms with E-state index < -0.39 is 35.3 Å². The summed E-state index contributed by atoms with van der Waals surface area (Å²) in [6.45, 7) is 12.5. The molecule has 14 nitrogen and oxygen atoms in total. The second-order valence-electron chi connectivity index (χ2n) is 17.7. The number of methoxy groups -OCH3 is 1. The lowest BCUT2D eigenvalue weighted by Crippen LogP contribution is -2.61. The van der Waals surface area contributed by atoms with Gasteiger partial charge in [0.2, 0.25) is 11.8 Å². The molecule has 14 heteroatoms. The molecule has 5 heterocycles. The number of likely N-dealkylation sites (N-methyl/N-ethyl adjacent to an activating group) is 1. The van der Waals surface area contributed by atoms with E-state index in [9.17, 15) is 24.3 Å². The van der Waals surface area contributed by atoms with Crippen LogP contribution in [0.25, 0.3) is 33.3 Å². The van der Waals surface area contributed by atoms with Crippen molar-refractivity contribution in [1.29, 1.82) is 0 Å². The van der Waals surface area contributed by atoms with Gasteiger partial charge in [0.05, 0.1) is 30.9 Å². The molecule has 0 saturated carbocycles. The van der Waals surface area contributed by atoms with Crippen LogP contribution in [0.4, 0.5) is 0 Å². The number of cyclic esters (lactones) is 1. The van der Waals surface area contributed by atoms with Crippen molar-refractivity contribution in [2.75, 3.05) is 40.4 Å². The summed E-state index contributed by atoms with van der Waals surface area (Å²) in [5.74, 6) is -2.02. The quantitative estimate of drug-likeness (QED) is 0.131. The number of esters is 1. The molecule has 0 spiro atoms. The van der Waals surface area contributed by atoms with E-state index in [4.69, 9.17) is 9.47 Å². The third-order valence-electron chi connectivity index (χ3n) is 12.0. The average molecular weight is 822 g/mol. The Balaban J connectivity index is 1.33. The van der Waals surface area contributed by atoms with Crippen molar-refractivity contribution in [3.05, 3.63) is 71.5 Å². The molecule has 1 unspecified atom stereocenters. The monoisotopic (exact) mass is 821 g/mol. The number of hydrogen-bond acceptors (Lipinski definition) is 10. The van der Waals surface area contributed by atoms with Gasteiger partial charge in [0.25, 0.3) is 5.91 Å². The number of carbonyl (C=O) groups is 4. The number of pyridine rings is 1. The van der Waals surface area contributed by atoms with E-state index in [0.717, 1.165) is 44.4 Å². The van der Waals surface area contributed by atoms with Crippen molar-refractivity contribution >= 4 is 34.6 Å². The minimum absolute atomic E-state index is 0.0232. The first kappa shape index (κ1) is 42.8. The number of rotatable bonds is 10. The number of aryl methyl sites for hydroxylation is 1. The first-order valence-electron chi connectivity index (χ1n) is 21.1. The van der Waals surface area contributed by atoms with Gasteiger partial charge in [-0.15, -0.1) is 0 Å². The second kappa shape index (κ2) is 17.7. The summed E-state index contributed by atoms with van der Waals surface area (Å²) in [4.78, 5) is 61.5. The van der Waals surface area contributed by atoms with Crippen molar-refractivity contribution in [2.24, 2.45) is 17.3 Å². The van der Waals surface area contributed by atoms with Crippen LogP contribution >= 0.6 is 0 Å². The molecule has 320 valence electrons. The van der Waals surface area contributed by atoms with Crippen LogP contribution in [-0.2, 0) is 54.6 Å². The van der Waals surface area contributed by atoms with E-state index in [1.807, 2.05) is 38.2 Å². The van der Waals surface area contributed by atoms with Crippen LogP contribution in [0.2, 0.25) is 0 Å². The molecule has 4 N–H and O–H groups in total. The first-order chi connectivity index (χ1) is 28.7. The summed E-state index contributed by atoms with van der Waals surface area (Å²) >= 11 is 0. The van der Waals surface area contributed by atoms with Gasteiger partial charge in [0, 0.05) is 81.0 Å². The smallest absolute Gasteiger partial charge is 0.324 e. The Morgan fingerprint density at radius 1 is 1.13 bits per heavy atom. The Hall–Kier alpha value is -5.31. The molecule has 6 bridgehead atoms. The number of phenolic OH excluding ortho intramolecular Hbond substituents is 1. The average Bonchev–Trinajstić information content (AvgIpc) is 4.04. The van der Waals surface area contributed by atoms with E-state index in [-0.39, 0.29) is 49.1 Å². The minimum atomic E-state index is -1.06. The van der Waals surface area contributed by atoms with Crippen LogP contribution in [0.1, 0.15) is 64.2 Å². The van der Waals surface area contributed by atoms with Gasteiger partial charge >= 0.3 is 5.97 Å². The van der Waals surface area contributed by atoms with Crippen LogP contribution < -0.4 is 16.1 Å². The minimum Gasteiger partial charge on any atom is -0.508 e. The predicted molar refractivity (Wildman–Crippen MR) is 228 cm³/mol. The molecular formula is C46H59N7O7. The standard InChI is InChI=1S/C46H59N7O7/c1-8-52-40-12-11-29-20-33(40)34(41(52)35-22-47-14-13-30(35)25-59-7)21-46(4,5)26-60-45(58)37-10-9-15-53(50-37)44(57)38(18-28-16-31(29)19-32(54)17-28)49-42(55)36(27(2)3)24-51(6)43(56)39-23-48-39/h11-14,16-17,19-20,22,27,36-39,48,50,54H,8-10,15,18,21,23-26H2,1-7H3,(H,49,55)/t36?,37-,38-,39-/m0/s1. The normalized spacial score (nSPS) is 21.0. The van der Waals surface area contributed by atoms with Gasteiger partial charge in [-0.05, 0) is 90.3 Å². The highest BCUT2D eigenvalue weighted by atomic mass is 16.5. The third-order valence-corrected chi connectivity index (χ3v) is 12.0. The van der Waals surface area contributed by atoms with Crippen LogP contribution in [-0.4, -0.2) is 107 Å². The molecule has 0 radical (unpaired) electrons. The number of amides is 3. The number of nitrogens with zero attached hydrogens (tertiary/aromatic N) is 4. The Bertz CT molecular complexity index is 2260. The van der Waals surface area contributed by atoms with Gasteiger partial charge in [-0.1, -0.05) is 39.8 Å². The topological polar surface area (TPSA) is 177 Å². The molecule has 60 heavy (non-hydrogen) atoms. The van der Waals surface area contributed by atoms with Crippen molar-refractivity contribution in [3.63, 3.8) is 0 Å². The van der Waals surface area contributed by atoms with Crippen molar-refractivity contribution in [2.45, 2.75) is 91.6 Å². The van der Waals surface area contributed by atoms with E-state index in [1.165, 1.54) is 5.01 Å². The number of ether oxygens (including phenoxy) is 2. The molecule has 2 saturated heterocycles.